The van der Waals surface area contributed by atoms with Gasteiger partial charge >= 0.3 is 0 Å². The van der Waals surface area contributed by atoms with Crippen molar-refractivity contribution in [3.05, 3.63) is 42.5 Å². The summed E-state index contributed by atoms with van der Waals surface area (Å²) in [6, 6.07) is 7.33. The highest BCUT2D eigenvalue weighted by molar-refractivity contribution is 7.85. The van der Waals surface area contributed by atoms with Crippen LogP contribution in [0.2, 0.25) is 0 Å². The lowest BCUT2D eigenvalue weighted by Crippen LogP contribution is -2.10. The van der Waals surface area contributed by atoms with Crippen molar-refractivity contribution in [2.75, 3.05) is 18.2 Å². The van der Waals surface area contributed by atoms with Crippen LogP contribution in [0.3, 0.4) is 0 Å². The Hall–Kier alpha value is -1.66. The number of amides is 1. The van der Waals surface area contributed by atoms with Gasteiger partial charge in [0.15, 0.2) is 0 Å². The molecule has 0 aromatic heterocycles. The van der Waals surface area contributed by atoms with Gasteiger partial charge in [-0.25, -0.2) is 0 Å². The number of benzene rings is 1. The second-order valence-electron chi connectivity index (χ2n) is 3.98. The van der Waals surface area contributed by atoms with Gasteiger partial charge in [-0.05, 0) is 30.5 Å². The standard InChI is InChI=1S/C13H17NO4S/c1-3-13(15)14-12-9-5-4-7-11(12)8-6-10-18-19(2,16)17/h3-5,7,9H,1,6,8,10H2,2H3,(H,14,15). The van der Waals surface area contributed by atoms with Crippen LogP contribution in [0.5, 0.6) is 0 Å². The molecule has 0 saturated carbocycles. The summed E-state index contributed by atoms with van der Waals surface area (Å²) in [6.07, 6.45) is 3.38. The third-order valence-electron chi connectivity index (χ3n) is 2.35. The second kappa shape index (κ2) is 7.06. The van der Waals surface area contributed by atoms with Gasteiger partial charge in [0.2, 0.25) is 5.91 Å². The molecule has 0 heterocycles. The van der Waals surface area contributed by atoms with Crippen LogP contribution in [0, 0.1) is 0 Å². The van der Waals surface area contributed by atoms with Gasteiger partial charge in [0.1, 0.15) is 0 Å². The Bertz CT molecular complexity index is 552. The van der Waals surface area contributed by atoms with E-state index in [-0.39, 0.29) is 12.5 Å². The molecule has 19 heavy (non-hydrogen) atoms. The Morgan fingerprint density at radius 3 is 2.74 bits per heavy atom. The fourth-order valence-electron chi connectivity index (χ4n) is 1.52. The molecule has 1 rings (SSSR count). The SMILES string of the molecule is C=CC(=O)Nc1ccccc1CCCOS(C)(=O)=O. The lowest BCUT2D eigenvalue weighted by Gasteiger charge is -2.09. The Balaban J connectivity index is 2.58. The van der Waals surface area contributed by atoms with Crippen LogP contribution in [-0.4, -0.2) is 27.2 Å². The Morgan fingerprint density at radius 2 is 2.11 bits per heavy atom. The first kappa shape index (κ1) is 15.4. The number of anilines is 1. The van der Waals surface area contributed by atoms with Crippen molar-refractivity contribution in [3.63, 3.8) is 0 Å². The zero-order valence-electron chi connectivity index (χ0n) is 10.8. The molecule has 1 aromatic carbocycles. The van der Waals surface area contributed by atoms with E-state index in [0.717, 1.165) is 11.8 Å². The van der Waals surface area contributed by atoms with Crippen LogP contribution in [-0.2, 0) is 25.5 Å². The topological polar surface area (TPSA) is 72.5 Å². The normalized spacial score (nSPS) is 11.0. The molecule has 6 heteroatoms. The first-order chi connectivity index (χ1) is 8.92. The van der Waals surface area contributed by atoms with E-state index in [0.29, 0.717) is 18.5 Å². The molecule has 1 N–H and O–H groups in total. The third-order valence-corrected chi connectivity index (χ3v) is 2.94. The summed E-state index contributed by atoms with van der Waals surface area (Å²) in [7, 11) is -3.39. The van der Waals surface area contributed by atoms with Gasteiger partial charge in [0.05, 0.1) is 12.9 Å². The quantitative estimate of drug-likeness (QED) is 0.470. The van der Waals surface area contributed by atoms with Gasteiger partial charge in [0, 0.05) is 5.69 Å². The van der Waals surface area contributed by atoms with Crippen molar-refractivity contribution in [3.8, 4) is 0 Å². The highest BCUT2D eigenvalue weighted by atomic mass is 32.2. The molecule has 0 unspecified atom stereocenters. The summed E-state index contributed by atoms with van der Waals surface area (Å²) >= 11 is 0. The molecule has 0 saturated heterocycles. The van der Waals surface area contributed by atoms with Crippen LogP contribution in [0.15, 0.2) is 36.9 Å². The van der Waals surface area contributed by atoms with Crippen LogP contribution in [0.4, 0.5) is 5.69 Å². The number of hydrogen-bond acceptors (Lipinski definition) is 4. The molecule has 0 bridgehead atoms. The van der Waals surface area contributed by atoms with E-state index >= 15 is 0 Å². The molecule has 1 aromatic rings. The van der Waals surface area contributed by atoms with E-state index < -0.39 is 10.1 Å². The van der Waals surface area contributed by atoms with E-state index in [9.17, 15) is 13.2 Å². The smallest absolute Gasteiger partial charge is 0.264 e. The Morgan fingerprint density at radius 1 is 1.42 bits per heavy atom. The van der Waals surface area contributed by atoms with Gasteiger partial charge in [-0.3, -0.25) is 8.98 Å². The number of carbonyl (C=O) groups is 1. The van der Waals surface area contributed by atoms with Crippen LogP contribution >= 0.6 is 0 Å². The van der Waals surface area contributed by atoms with Gasteiger partial charge in [-0.15, -0.1) is 0 Å². The first-order valence-electron chi connectivity index (χ1n) is 5.78. The minimum atomic E-state index is -3.39. The minimum Gasteiger partial charge on any atom is -0.322 e. The van der Waals surface area contributed by atoms with Gasteiger partial charge < -0.3 is 5.32 Å². The molecular weight excluding hydrogens is 266 g/mol. The number of para-hydroxylation sites is 1. The molecule has 0 radical (unpaired) electrons. The zero-order valence-corrected chi connectivity index (χ0v) is 11.6. The Labute approximate surface area is 113 Å². The number of aryl methyl sites for hydroxylation is 1. The number of hydrogen-bond donors (Lipinski definition) is 1. The number of carbonyl (C=O) groups excluding carboxylic acids is 1. The fraction of sp³-hybridized carbons (Fsp3) is 0.308. The summed E-state index contributed by atoms with van der Waals surface area (Å²) in [5.41, 5.74) is 1.63. The summed E-state index contributed by atoms with van der Waals surface area (Å²) in [5, 5.41) is 2.70. The van der Waals surface area contributed by atoms with Crippen molar-refractivity contribution in [1.82, 2.24) is 0 Å². The van der Waals surface area contributed by atoms with Crippen molar-refractivity contribution >= 4 is 21.7 Å². The van der Waals surface area contributed by atoms with Crippen molar-refractivity contribution in [1.29, 1.82) is 0 Å². The van der Waals surface area contributed by atoms with E-state index in [1.165, 1.54) is 6.08 Å². The highest BCUT2D eigenvalue weighted by Gasteiger charge is 2.05. The fourth-order valence-corrected chi connectivity index (χ4v) is 1.94. The monoisotopic (exact) mass is 283 g/mol. The van der Waals surface area contributed by atoms with Gasteiger partial charge in [0.25, 0.3) is 10.1 Å². The molecule has 0 aliphatic rings. The molecule has 0 fully saturated rings. The molecular formula is C13H17NO4S. The summed E-state index contributed by atoms with van der Waals surface area (Å²) in [6.45, 7) is 3.52. The molecule has 104 valence electrons. The third kappa shape index (κ3) is 6.17. The summed E-state index contributed by atoms with van der Waals surface area (Å²) in [4.78, 5) is 11.3. The Kier molecular flexibility index (Phi) is 5.72. The minimum absolute atomic E-state index is 0.128. The molecule has 0 atom stereocenters. The molecule has 0 spiro atoms. The average molecular weight is 283 g/mol. The maximum absolute atomic E-state index is 11.3. The van der Waals surface area contributed by atoms with E-state index in [1.54, 1.807) is 6.07 Å². The molecule has 0 aliphatic carbocycles. The number of rotatable bonds is 7. The molecule has 5 nitrogen and oxygen atoms in total. The maximum Gasteiger partial charge on any atom is 0.264 e. The van der Waals surface area contributed by atoms with Crippen molar-refractivity contribution in [2.45, 2.75) is 12.8 Å². The van der Waals surface area contributed by atoms with Crippen LogP contribution in [0.25, 0.3) is 0 Å². The summed E-state index contributed by atoms with van der Waals surface area (Å²) < 4.78 is 26.3. The van der Waals surface area contributed by atoms with Gasteiger partial charge in [-0.2, -0.15) is 8.42 Å². The van der Waals surface area contributed by atoms with E-state index in [1.807, 2.05) is 18.2 Å². The zero-order chi connectivity index (χ0) is 14.3. The lowest BCUT2D eigenvalue weighted by atomic mass is 10.1. The van der Waals surface area contributed by atoms with Crippen LogP contribution < -0.4 is 5.32 Å². The lowest BCUT2D eigenvalue weighted by molar-refractivity contribution is -0.111. The highest BCUT2D eigenvalue weighted by Crippen LogP contribution is 2.17. The van der Waals surface area contributed by atoms with Crippen LogP contribution in [0.1, 0.15) is 12.0 Å². The number of nitrogens with one attached hydrogen (secondary N) is 1. The predicted molar refractivity (Wildman–Crippen MR) is 74.4 cm³/mol. The largest absolute Gasteiger partial charge is 0.322 e. The first-order valence-corrected chi connectivity index (χ1v) is 7.60. The van der Waals surface area contributed by atoms with Crippen molar-refractivity contribution < 1.29 is 17.4 Å². The molecule has 0 aliphatic heterocycles. The van der Waals surface area contributed by atoms with Crippen molar-refractivity contribution in [2.24, 2.45) is 0 Å². The van der Waals surface area contributed by atoms with E-state index in [4.69, 9.17) is 0 Å². The van der Waals surface area contributed by atoms with Gasteiger partial charge in [-0.1, -0.05) is 24.8 Å². The maximum atomic E-state index is 11.3. The second-order valence-corrected chi connectivity index (χ2v) is 5.62. The summed E-state index contributed by atoms with van der Waals surface area (Å²) in [5.74, 6) is -0.278. The van der Waals surface area contributed by atoms with E-state index in [2.05, 4.69) is 16.1 Å². The molecule has 1 amide bonds. The predicted octanol–water partition coefficient (Wildman–Crippen LogP) is 1.72. The average Bonchev–Trinajstić information content (AvgIpc) is 2.35.